The van der Waals surface area contributed by atoms with Crippen LogP contribution in [0.15, 0.2) is 247 Å². The van der Waals surface area contributed by atoms with Crippen LogP contribution in [0.3, 0.4) is 0 Å². The van der Waals surface area contributed by atoms with Crippen molar-refractivity contribution in [2.75, 3.05) is 9.80 Å². The van der Waals surface area contributed by atoms with Gasteiger partial charge in [-0.2, -0.15) is 0 Å². The van der Waals surface area contributed by atoms with Gasteiger partial charge in [-0.15, -0.1) is 0 Å². The zero-order chi connectivity index (χ0) is 55.9. The maximum absolute atomic E-state index is 7.20. The number of nitrogens with zero attached hydrogens (tertiary/aromatic N) is 2. The predicted molar refractivity (Wildman–Crippen MR) is 351 cm³/mol. The minimum atomic E-state index is -0.246. The van der Waals surface area contributed by atoms with Gasteiger partial charge in [0, 0.05) is 55.8 Å². The molecule has 2 aliphatic heterocycles. The molecule has 0 atom stereocenters. The van der Waals surface area contributed by atoms with E-state index in [1.54, 1.807) is 0 Å². The second-order valence-electron chi connectivity index (χ2n) is 24.7. The van der Waals surface area contributed by atoms with E-state index in [0.29, 0.717) is 0 Å². The smallest absolute Gasteiger partial charge is 0.252 e. The van der Waals surface area contributed by atoms with Crippen molar-refractivity contribution in [3.63, 3.8) is 0 Å². The lowest BCUT2D eigenvalue weighted by atomic mass is 9.33. The Hall–Kier alpha value is -9.12. The molecule has 0 aliphatic carbocycles. The Kier molecular flexibility index (Phi) is 12.5. The van der Waals surface area contributed by atoms with Gasteiger partial charge in [0.25, 0.3) is 6.71 Å². The van der Waals surface area contributed by atoms with Crippen LogP contribution in [0.2, 0.25) is 0 Å². The molecular weight excluding hydrogens is 992 g/mol. The summed E-state index contributed by atoms with van der Waals surface area (Å²) in [7, 11) is 0. The highest BCUT2D eigenvalue weighted by atomic mass is 16.3. The van der Waals surface area contributed by atoms with E-state index in [-0.39, 0.29) is 17.5 Å². The number of anilines is 6. The summed E-state index contributed by atoms with van der Waals surface area (Å²) in [5.74, 6) is 0. The molecule has 0 fully saturated rings. The molecule has 3 nitrogen and oxygen atoms in total. The third kappa shape index (κ3) is 8.66. The Bertz CT molecular complexity index is 4320. The molecule has 0 unspecified atom stereocenters. The lowest BCUT2D eigenvalue weighted by Crippen LogP contribution is -2.61. The highest BCUT2D eigenvalue weighted by Gasteiger charge is 2.46. The van der Waals surface area contributed by atoms with Crippen molar-refractivity contribution in [1.82, 2.24) is 0 Å². The van der Waals surface area contributed by atoms with Gasteiger partial charge in [-0.05, 0) is 139 Å². The van der Waals surface area contributed by atoms with Crippen LogP contribution >= 0.6 is 0 Å². The number of hydrogen-bond acceptors (Lipinski definition) is 3. The maximum Gasteiger partial charge on any atom is 0.252 e. The fraction of sp³-hybridized carbons (Fsp3) is 0.154. The SMILES string of the molecule is CCCCc1c(N2c3ccc(-c4ccccc4)cc3B3c4cc(-c5ccccc5)ccc4N(c4c(-c5ccccc5)cc(C(C)(C)C)cc4-c4ccccc4)c4cc(C(C)(C)C)cc2c43)c(-c2ccccc2)cc2c1oc1ccccc12. The number of unbranched alkanes of at least 4 members (excludes halogenated alkanes) is 1. The van der Waals surface area contributed by atoms with Crippen molar-refractivity contribution in [1.29, 1.82) is 0 Å². The third-order valence-corrected chi connectivity index (χ3v) is 17.3. The summed E-state index contributed by atoms with van der Waals surface area (Å²) >= 11 is 0. The van der Waals surface area contributed by atoms with E-state index in [1.165, 1.54) is 123 Å². The first kappa shape index (κ1) is 51.1. The fourth-order valence-electron chi connectivity index (χ4n) is 13.1. The third-order valence-electron chi connectivity index (χ3n) is 17.3. The van der Waals surface area contributed by atoms with Crippen LogP contribution in [-0.4, -0.2) is 6.71 Å². The van der Waals surface area contributed by atoms with Crippen molar-refractivity contribution >= 4 is 79.2 Å². The van der Waals surface area contributed by atoms with Crippen LogP contribution < -0.4 is 26.2 Å². The molecule has 82 heavy (non-hydrogen) atoms. The molecule has 0 amide bonds. The first-order valence-electron chi connectivity index (χ1n) is 29.4. The number of aryl methyl sites for hydroxylation is 1. The molecule has 0 bridgehead atoms. The molecule has 14 rings (SSSR count). The van der Waals surface area contributed by atoms with E-state index < -0.39 is 0 Å². The first-order valence-corrected chi connectivity index (χ1v) is 29.4. The Balaban J connectivity index is 1.19. The van der Waals surface area contributed by atoms with E-state index in [4.69, 9.17) is 4.42 Å². The van der Waals surface area contributed by atoms with Crippen LogP contribution in [0.5, 0.6) is 0 Å². The molecular formula is C78H67BN2O. The quantitative estimate of drug-likeness (QED) is 0.127. The second kappa shape index (κ2) is 20.2. The number of benzene rings is 11. The molecule has 0 saturated carbocycles. The molecule has 0 spiro atoms. The lowest BCUT2D eigenvalue weighted by Gasteiger charge is -2.46. The highest BCUT2D eigenvalue weighted by molar-refractivity contribution is 7.00. The van der Waals surface area contributed by atoms with E-state index in [9.17, 15) is 0 Å². The van der Waals surface area contributed by atoms with Crippen LogP contribution in [0.1, 0.15) is 78.0 Å². The summed E-state index contributed by atoms with van der Waals surface area (Å²) in [6.07, 6.45) is 2.89. The van der Waals surface area contributed by atoms with Gasteiger partial charge in [0.1, 0.15) is 11.2 Å². The molecule has 0 N–H and O–H groups in total. The average molecular weight is 1060 g/mol. The highest BCUT2D eigenvalue weighted by Crippen LogP contribution is 2.55. The van der Waals surface area contributed by atoms with Crippen molar-refractivity contribution in [3.8, 4) is 55.6 Å². The maximum atomic E-state index is 7.20. The van der Waals surface area contributed by atoms with Crippen molar-refractivity contribution < 1.29 is 4.42 Å². The van der Waals surface area contributed by atoms with Crippen molar-refractivity contribution in [2.45, 2.75) is 78.6 Å². The number of para-hydroxylation sites is 1. The Morgan fingerprint density at radius 3 is 1.26 bits per heavy atom. The summed E-state index contributed by atoms with van der Waals surface area (Å²) < 4.78 is 7.20. The largest absolute Gasteiger partial charge is 0.456 e. The van der Waals surface area contributed by atoms with E-state index in [0.717, 1.165) is 41.2 Å². The molecule has 398 valence electrons. The Morgan fingerprint density at radius 1 is 0.378 bits per heavy atom. The van der Waals surface area contributed by atoms with Gasteiger partial charge in [0.05, 0.1) is 11.4 Å². The number of hydrogen-bond donors (Lipinski definition) is 0. The minimum absolute atomic E-state index is 0.139. The topological polar surface area (TPSA) is 19.6 Å². The van der Waals surface area contributed by atoms with Crippen molar-refractivity contribution in [3.05, 3.63) is 259 Å². The van der Waals surface area contributed by atoms with Gasteiger partial charge in [-0.1, -0.05) is 249 Å². The van der Waals surface area contributed by atoms with Gasteiger partial charge >= 0.3 is 0 Å². The monoisotopic (exact) mass is 1060 g/mol. The van der Waals surface area contributed by atoms with Gasteiger partial charge in [0.2, 0.25) is 0 Å². The molecule has 2 aliphatic rings. The molecule has 3 heterocycles. The average Bonchev–Trinajstić information content (AvgIpc) is 1.13. The molecule has 0 saturated heterocycles. The van der Waals surface area contributed by atoms with Crippen LogP contribution in [0.4, 0.5) is 34.1 Å². The summed E-state index contributed by atoms with van der Waals surface area (Å²) in [5.41, 5.74) is 28.0. The fourth-order valence-corrected chi connectivity index (χ4v) is 13.1. The zero-order valence-corrected chi connectivity index (χ0v) is 48.1. The van der Waals surface area contributed by atoms with E-state index >= 15 is 0 Å². The van der Waals surface area contributed by atoms with Crippen LogP contribution in [-0.2, 0) is 17.3 Å². The minimum Gasteiger partial charge on any atom is -0.456 e. The van der Waals surface area contributed by atoms with Gasteiger partial charge in [-0.3, -0.25) is 0 Å². The molecule has 4 heteroatoms. The lowest BCUT2D eigenvalue weighted by molar-refractivity contribution is 0.590. The van der Waals surface area contributed by atoms with Gasteiger partial charge in [0.15, 0.2) is 0 Å². The summed E-state index contributed by atoms with van der Waals surface area (Å²) in [6.45, 7) is 16.3. The predicted octanol–water partition coefficient (Wildman–Crippen LogP) is 19.9. The first-order chi connectivity index (χ1) is 39.9. The Labute approximate surface area is 484 Å². The van der Waals surface area contributed by atoms with Gasteiger partial charge < -0.3 is 14.2 Å². The summed E-state index contributed by atoms with van der Waals surface area (Å²) in [6, 6.07) is 91.0. The van der Waals surface area contributed by atoms with Crippen LogP contribution in [0.25, 0.3) is 77.6 Å². The molecule has 11 aromatic carbocycles. The number of furan rings is 1. The van der Waals surface area contributed by atoms with E-state index in [1.807, 2.05) is 0 Å². The van der Waals surface area contributed by atoms with Crippen molar-refractivity contribution in [2.24, 2.45) is 0 Å². The van der Waals surface area contributed by atoms with E-state index in [2.05, 4.69) is 301 Å². The standard InChI is InChI=1S/C78H67BN2O/c1-8-9-37-61-74(64(55-35-23-14-24-36-55)50-65-60-38-25-26-39-72(60)82-76(61)65)80-68-42-40-56(51-27-15-10-16-28-51)44-66(68)79-67-45-57(52-29-17-11-18-30-52)41-43-69(67)81(71-49-59(78(5,6)7)48-70(80)73(71)79)75-62(53-31-19-12-20-32-53)46-58(77(2,3)4)47-63(75)54-33-21-13-22-34-54/h10-36,38-50H,8-9,37H2,1-7H3. The molecule has 12 aromatic rings. The summed E-state index contributed by atoms with van der Waals surface area (Å²) in [4.78, 5) is 5.38. The number of rotatable bonds is 10. The summed E-state index contributed by atoms with van der Waals surface area (Å²) in [5, 5.41) is 2.29. The second-order valence-corrected chi connectivity index (χ2v) is 24.7. The van der Waals surface area contributed by atoms with Gasteiger partial charge in [-0.25, -0.2) is 0 Å². The zero-order valence-electron chi connectivity index (χ0n) is 48.1. The van der Waals surface area contributed by atoms with Crippen LogP contribution in [0, 0.1) is 0 Å². The Morgan fingerprint density at radius 2 is 0.793 bits per heavy atom. The number of fused-ring (bicyclic) bond motifs is 7. The molecule has 1 aromatic heterocycles. The molecule has 0 radical (unpaired) electrons. The normalized spacial score (nSPS) is 12.9.